The van der Waals surface area contributed by atoms with Crippen LogP contribution in [0.4, 0.5) is 11.4 Å². The summed E-state index contributed by atoms with van der Waals surface area (Å²) in [5, 5.41) is 7.11. The van der Waals surface area contributed by atoms with Gasteiger partial charge in [0.15, 0.2) is 11.6 Å². The van der Waals surface area contributed by atoms with E-state index in [-0.39, 0.29) is 11.7 Å². The van der Waals surface area contributed by atoms with E-state index in [4.69, 9.17) is 4.42 Å². The summed E-state index contributed by atoms with van der Waals surface area (Å²) in [4.78, 5) is 23.0. The number of rotatable bonds is 4. The van der Waals surface area contributed by atoms with Crippen molar-refractivity contribution in [3.05, 3.63) is 49.1 Å². The molecule has 0 atom stereocenters. The fraction of sp³-hybridized carbons (Fsp3) is 0.333. The van der Waals surface area contributed by atoms with E-state index in [1.54, 1.807) is 29.2 Å². The first-order valence-electron chi connectivity index (χ1n) is 8.65. The SMILES string of the molecule is CC1CCN(c2cncnc2-n2cc(NC(=O)c3ccco3)cn2)CC1. The van der Waals surface area contributed by atoms with E-state index in [2.05, 4.69) is 32.2 Å². The summed E-state index contributed by atoms with van der Waals surface area (Å²) in [6.07, 6.45) is 10.4. The lowest BCUT2D eigenvalue weighted by Crippen LogP contribution is -2.33. The largest absolute Gasteiger partial charge is 0.459 e. The van der Waals surface area contributed by atoms with E-state index in [0.717, 1.165) is 37.5 Å². The van der Waals surface area contributed by atoms with Crippen LogP contribution >= 0.6 is 0 Å². The van der Waals surface area contributed by atoms with Gasteiger partial charge in [-0.3, -0.25) is 4.79 Å². The van der Waals surface area contributed by atoms with Crippen LogP contribution in [0.5, 0.6) is 0 Å². The first-order chi connectivity index (χ1) is 12.7. The minimum Gasteiger partial charge on any atom is -0.459 e. The minimum atomic E-state index is -0.317. The zero-order valence-corrected chi connectivity index (χ0v) is 14.5. The van der Waals surface area contributed by atoms with Crippen LogP contribution in [0.15, 0.2) is 47.7 Å². The smallest absolute Gasteiger partial charge is 0.291 e. The Bertz CT molecular complexity index is 881. The molecule has 3 aromatic rings. The summed E-state index contributed by atoms with van der Waals surface area (Å²) < 4.78 is 6.76. The number of carbonyl (C=O) groups excluding carboxylic acids is 1. The van der Waals surface area contributed by atoms with Gasteiger partial charge >= 0.3 is 0 Å². The van der Waals surface area contributed by atoms with Crippen LogP contribution in [0, 0.1) is 5.92 Å². The topological polar surface area (TPSA) is 89.1 Å². The van der Waals surface area contributed by atoms with Gasteiger partial charge in [-0.25, -0.2) is 14.6 Å². The van der Waals surface area contributed by atoms with E-state index in [0.29, 0.717) is 11.5 Å². The molecule has 1 amide bonds. The molecule has 0 aromatic carbocycles. The molecule has 1 aliphatic rings. The third kappa shape index (κ3) is 3.30. The van der Waals surface area contributed by atoms with Crippen LogP contribution in [-0.4, -0.2) is 38.7 Å². The Balaban J connectivity index is 1.55. The van der Waals surface area contributed by atoms with Crippen molar-refractivity contribution in [2.24, 2.45) is 5.92 Å². The first-order valence-corrected chi connectivity index (χ1v) is 8.65. The number of carbonyl (C=O) groups is 1. The van der Waals surface area contributed by atoms with Crippen LogP contribution in [0.2, 0.25) is 0 Å². The summed E-state index contributed by atoms with van der Waals surface area (Å²) in [5.41, 5.74) is 1.52. The molecule has 1 N–H and O–H groups in total. The molecule has 0 spiro atoms. The van der Waals surface area contributed by atoms with Gasteiger partial charge in [-0.05, 0) is 30.9 Å². The molecule has 4 heterocycles. The monoisotopic (exact) mass is 352 g/mol. The van der Waals surface area contributed by atoms with Gasteiger partial charge in [0.2, 0.25) is 0 Å². The average Bonchev–Trinajstić information content (AvgIpc) is 3.34. The fourth-order valence-corrected chi connectivity index (χ4v) is 3.07. The molecule has 1 saturated heterocycles. The molecule has 0 radical (unpaired) electrons. The zero-order chi connectivity index (χ0) is 17.9. The summed E-state index contributed by atoms with van der Waals surface area (Å²) in [6.45, 7) is 4.23. The van der Waals surface area contributed by atoms with E-state index >= 15 is 0 Å². The van der Waals surface area contributed by atoms with Crippen molar-refractivity contribution in [2.45, 2.75) is 19.8 Å². The Kier molecular flexibility index (Phi) is 4.39. The number of piperidine rings is 1. The van der Waals surface area contributed by atoms with Crippen LogP contribution < -0.4 is 10.2 Å². The van der Waals surface area contributed by atoms with Gasteiger partial charge < -0.3 is 14.6 Å². The lowest BCUT2D eigenvalue weighted by molar-refractivity contribution is 0.0996. The van der Waals surface area contributed by atoms with Crippen molar-refractivity contribution in [3.63, 3.8) is 0 Å². The van der Waals surface area contributed by atoms with Gasteiger partial charge in [-0.15, -0.1) is 0 Å². The second kappa shape index (κ2) is 6.99. The van der Waals surface area contributed by atoms with Gasteiger partial charge in [0.1, 0.15) is 12.0 Å². The Labute approximate surface area is 150 Å². The Morgan fingerprint density at radius 1 is 1.31 bits per heavy atom. The quantitative estimate of drug-likeness (QED) is 0.777. The van der Waals surface area contributed by atoms with Crippen molar-refractivity contribution in [2.75, 3.05) is 23.3 Å². The number of nitrogens with zero attached hydrogens (tertiary/aromatic N) is 5. The highest BCUT2D eigenvalue weighted by atomic mass is 16.3. The van der Waals surface area contributed by atoms with Crippen molar-refractivity contribution >= 4 is 17.3 Å². The lowest BCUT2D eigenvalue weighted by Gasteiger charge is -2.32. The molecular formula is C18H20N6O2. The second-order valence-corrected chi connectivity index (χ2v) is 6.51. The van der Waals surface area contributed by atoms with Crippen LogP contribution in [0.1, 0.15) is 30.3 Å². The number of hydrogen-bond acceptors (Lipinski definition) is 6. The molecule has 1 fully saturated rings. The number of aromatic nitrogens is 4. The van der Waals surface area contributed by atoms with Crippen molar-refractivity contribution in [1.82, 2.24) is 19.7 Å². The van der Waals surface area contributed by atoms with Crippen molar-refractivity contribution in [3.8, 4) is 5.82 Å². The first kappa shape index (κ1) is 16.3. The van der Waals surface area contributed by atoms with Crippen LogP contribution in [-0.2, 0) is 0 Å². The van der Waals surface area contributed by atoms with Gasteiger partial charge in [-0.1, -0.05) is 6.92 Å². The van der Waals surface area contributed by atoms with Crippen LogP contribution in [0.25, 0.3) is 5.82 Å². The van der Waals surface area contributed by atoms with Gasteiger partial charge in [-0.2, -0.15) is 5.10 Å². The summed E-state index contributed by atoms with van der Waals surface area (Å²) in [5.74, 6) is 1.38. The standard InChI is InChI=1S/C18H20N6O2/c1-13-4-6-23(7-5-13)15-10-19-12-20-17(15)24-11-14(9-21-24)22-18(25)16-3-2-8-26-16/h2-3,8-13H,4-7H2,1H3,(H,22,25). The zero-order valence-electron chi connectivity index (χ0n) is 14.5. The molecule has 3 aromatic heterocycles. The highest BCUT2D eigenvalue weighted by Crippen LogP contribution is 2.26. The molecule has 0 unspecified atom stereocenters. The molecule has 4 rings (SSSR count). The minimum absolute atomic E-state index is 0.253. The Morgan fingerprint density at radius 2 is 2.15 bits per heavy atom. The number of furan rings is 1. The average molecular weight is 352 g/mol. The highest BCUT2D eigenvalue weighted by Gasteiger charge is 2.20. The molecule has 26 heavy (non-hydrogen) atoms. The highest BCUT2D eigenvalue weighted by molar-refractivity contribution is 6.02. The summed E-state index contributed by atoms with van der Waals surface area (Å²) >= 11 is 0. The fourth-order valence-electron chi connectivity index (χ4n) is 3.07. The maximum atomic E-state index is 12.1. The number of amides is 1. The summed E-state index contributed by atoms with van der Waals surface area (Å²) in [7, 11) is 0. The normalized spacial score (nSPS) is 15.2. The Hall–Kier alpha value is -3.16. The predicted molar refractivity (Wildman–Crippen MR) is 96.4 cm³/mol. The number of anilines is 2. The van der Waals surface area contributed by atoms with E-state index in [9.17, 15) is 4.79 Å². The molecular weight excluding hydrogens is 332 g/mol. The molecule has 8 heteroatoms. The van der Waals surface area contributed by atoms with Crippen molar-refractivity contribution in [1.29, 1.82) is 0 Å². The molecule has 0 aliphatic carbocycles. The maximum absolute atomic E-state index is 12.1. The van der Waals surface area contributed by atoms with E-state index in [1.165, 1.54) is 12.6 Å². The maximum Gasteiger partial charge on any atom is 0.291 e. The second-order valence-electron chi connectivity index (χ2n) is 6.51. The summed E-state index contributed by atoms with van der Waals surface area (Å²) in [6, 6.07) is 3.28. The molecule has 134 valence electrons. The van der Waals surface area contributed by atoms with E-state index in [1.807, 2.05) is 6.20 Å². The number of nitrogens with one attached hydrogen (secondary N) is 1. The third-order valence-corrected chi connectivity index (χ3v) is 4.60. The molecule has 0 bridgehead atoms. The third-order valence-electron chi connectivity index (χ3n) is 4.60. The number of hydrogen-bond donors (Lipinski definition) is 1. The van der Waals surface area contributed by atoms with Crippen LogP contribution in [0.3, 0.4) is 0 Å². The van der Waals surface area contributed by atoms with Crippen molar-refractivity contribution < 1.29 is 9.21 Å². The molecule has 0 saturated carbocycles. The predicted octanol–water partition coefficient (Wildman–Crippen LogP) is 2.74. The molecule has 1 aliphatic heterocycles. The van der Waals surface area contributed by atoms with E-state index < -0.39 is 0 Å². The molecule has 8 nitrogen and oxygen atoms in total. The lowest BCUT2D eigenvalue weighted by atomic mass is 9.99. The Morgan fingerprint density at radius 3 is 2.92 bits per heavy atom. The van der Waals surface area contributed by atoms with Gasteiger partial charge in [0, 0.05) is 13.1 Å². The van der Waals surface area contributed by atoms with Gasteiger partial charge in [0.25, 0.3) is 5.91 Å². The van der Waals surface area contributed by atoms with Gasteiger partial charge in [0.05, 0.1) is 30.5 Å².